The van der Waals surface area contributed by atoms with Gasteiger partial charge >= 0.3 is 0 Å². The molecule has 1 saturated carbocycles. The average Bonchev–Trinajstić information content (AvgIpc) is 2.49. The van der Waals surface area contributed by atoms with Crippen molar-refractivity contribution in [3.63, 3.8) is 0 Å². The Morgan fingerprint density at radius 3 is 2.67 bits per heavy atom. The lowest BCUT2D eigenvalue weighted by Crippen LogP contribution is -2.33. The van der Waals surface area contributed by atoms with Crippen molar-refractivity contribution >= 4 is 11.6 Å². The number of benzene rings is 1. The third-order valence-corrected chi connectivity index (χ3v) is 4.36. The molecule has 21 heavy (non-hydrogen) atoms. The second kappa shape index (κ2) is 7.30. The predicted molar refractivity (Wildman–Crippen MR) is 88.6 cm³/mol. The van der Waals surface area contributed by atoms with Gasteiger partial charge in [-0.05, 0) is 48.9 Å². The van der Waals surface area contributed by atoms with E-state index >= 15 is 0 Å². The lowest BCUT2D eigenvalue weighted by Gasteiger charge is -2.34. The van der Waals surface area contributed by atoms with Gasteiger partial charge in [0.1, 0.15) is 0 Å². The number of rotatable bonds is 5. The van der Waals surface area contributed by atoms with Crippen molar-refractivity contribution in [3.05, 3.63) is 42.5 Å². The molecule has 2 rings (SSSR count). The number of hydrogen-bond acceptors (Lipinski definition) is 2. The summed E-state index contributed by atoms with van der Waals surface area (Å²) in [5.74, 6) is 1.44. The van der Waals surface area contributed by atoms with Crippen LogP contribution >= 0.6 is 0 Å². The summed E-state index contributed by atoms with van der Waals surface area (Å²) in [6.45, 7) is 8.74. The summed E-state index contributed by atoms with van der Waals surface area (Å²) in [6, 6.07) is 8.27. The molecular weight excluding hydrogens is 260 g/mol. The van der Waals surface area contributed by atoms with Gasteiger partial charge in [-0.15, -0.1) is 6.58 Å². The van der Waals surface area contributed by atoms with Crippen molar-refractivity contribution in [2.75, 3.05) is 11.9 Å². The Kier molecular flexibility index (Phi) is 5.43. The Morgan fingerprint density at radius 2 is 2.00 bits per heavy atom. The van der Waals surface area contributed by atoms with Gasteiger partial charge in [0.05, 0.1) is 0 Å². The van der Waals surface area contributed by atoms with Crippen LogP contribution in [0.15, 0.2) is 36.9 Å². The Hall–Kier alpha value is -1.77. The standard InChI is InChI=1S/C18H26N2O/c1-4-11-19-18(21)15-7-9-16(10-8-15)20-17-12-13(2)5-6-14(17)3/h4,7-10,13-14,17,20H,1,5-6,11-12H2,2-3H3,(H,19,21). The van der Waals surface area contributed by atoms with E-state index in [2.05, 4.69) is 31.1 Å². The summed E-state index contributed by atoms with van der Waals surface area (Å²) in [6.07, 6.45) is 5.53. The van der Waals surface area contributed by atoms with Crippen LogP contribution in [0.4, 0.5) is 5.69 Å². The number of amides is 1. The third-order valence-electron chi connectivity index (χ3n) is 4.36. The fraction of sp³-hybridized carbons (Fsp3) is 0.500. The molecule has 3 atom stereocenters. The molecule has 3 nitrogen and oxygen atoms in total. The van der Waals surface area contributed by atoms with Gasteiger partial charge in [-0.2, -0.15) is 0 Å². The van der Waals surface area contributed by atoms with Crippen molar-refractivity contribution in [1.29, 1.82) is 0 Å². The molecule has 0 aliphatic heterocycles. The molecule has 114 valence electrons. The number of carbonyl (C=O) groups is 1. The first-order chi connectivity index (χ1) is 10.1. The Labute approximate surface area is 127 Å². The van der Waals surface area contributed by atoms with Gasteiger partial charge in [0.25, 0.3) is 5.91 Å². The first-order valence-electron chi connectivity index (χ1n) is 7.86. The van der Waals surface area contributed by atoms with Crippen molar-refractivity contribution in [3.8, 4) is 0 Å². The number of hydrogen-bond donors (Lipinski definition) is 2. The summed E-state index contributed by atoms with van der Waals surface area (Å²) in [7, 11) is 0. The first-order valence-corrected chi connectivity index (χ1v) is 7.86. The SMILES string of the molecule is C=CCNC(=O)c1ccc(NC2CC(C)CCC2C)cc1. The molecule has 1 aliphatic rings. The van der Waals surface area contributed by atoms with E-state index < -0.39 is 0 Å². The average molecular weight is 286 g/mol. The molecular formula is C18H26N2O. The maximum absolute atomic E-state index is 11.8. The molecule has 3 heteroatoms. The van der Waals surface area contributed by atoms with E-state index in [0.29, 0.717) is 24.1 Å². The van der Waals surface area contributed by atoms with Crippen LogP contribution in [0.5, 0.6) is 0 Å². The topological polar surface area (TPSA) is 41.1 Å². The highest BCUT2D eigenvalue weighted by atomic mass is 16.1. The molecule has 1 aromatic rings. The highest BCUT2D eigenvalue weighted by molar-refractivity contribution is 5.94. The van der Waals surface area contributed by atoms with E-state index in [1.165, 1.54) is 19.3 Å². The van der Waals surface area contributed by atoms with Crippen LogP contribution in [0.3, 0.4) is 0 Å². The van der Waals surface area contributed by atoms with E-state index in [1.807, 2.05) is 24.3 Å². The fourth-order valence-corrected chi connectivity index (χ4v) is 2.93. The highest BCUT2D eigenvalue weighted by Crippen LogP contribution is 2.30. The van der Waals surface area contributed by atoms with Crippen LogP contribution < -0.4 is 10.6 Å². The van der Waals surface area contributed by atoms with Crippen LogP contribution in [0, 0.1) is 11.8 Å². The molecule has 0 bridgehead atoms. The summed E-state index contributed by atoms with van der Waals surface area (Å²) in [5, 5.41) is 6.41. The van der Waals surface area contributed by atoms with E-state index in [0.717, 1.165) is 11.6 Å². The quantitative estimate of drug-likeness (QED) is 0.807. The summed E-state index contributed by atoms with van der Waals surface area (Å²) < 4.78 is 0. The minimum atomic E-state index is -0.0545. The molecule has 1 aromatic carbocycles. The van der Waals surface area contributed by atoms with Crippen LogP contribution in [-0.2, 0) is 0 Å². The maximum atomic E-state index is 11.8. The largest absolute Gasteiger partial charge is 0.382 e. The molecule has 0 radical (unpaired) electrons. The normalized spacial score (nSPS) is 25.1. The first kappa shape index (κ1) is 15.6. The van der Waals surface area contributed by atoms with Gasteiger partial charge in [-0.3, -0.25) is 4.79 Å². The smallest absolute Gasteiger partial charge is 0.251 e. The Bertz CT molecular complexity index is 480. The lowest BCUT2D eigenvalue weighted by atomic mass is 9.80. The second-order valence-corrected chi connectivity index (χ2v) is 6.22. The summed E-state index contributed by atoms with van der Waals surface area (Å²) >= 11 is 0. The third kappa shape index (κ3) is 4.35. The molecule has 0 spiro atoms. The van der Waals surface area contributed by atoms with Crippen LogP contribution in [0.1, 0.15) is 43.5 Å². The van der Waals surface area contributed by atoms with Gasteiger partial charge in [0.2, 0.25) is 0 Å². The van der Waals surface area contributed by atoms with Gasteiger partial charge < -0.3 is 10.6 Å². The predicted octanol–water partition coefficient (Wildman–Crippen LogP) is 3.84. The second-order valence-electron chi connectivity index (χ2n) is 6.22. The van der Waals surface area contributed by atoms with E-state index in [4.69, 9.17) is 0 Å². The number of anilines is 1. The molecule has 0 saturated heterocycles. The Balaban J connectivity index is 1.95. The van der Waals surface area contributed by atoms with Crippen molar-refractivity contribution in [2.24, 2.45) is 11.8 Å². The molecule has 0 heterocycles. The molecule has 1 aliphatic carbocycles. The fourth-order valence-electron chi connectivity index (χ4n) is 2.93. The number of carbonyl (C=O) groups excluding carboxylic acids is 1. The van der Waals surface area contributed by atoms with Gasteiger partial charge in [0.15, 0.2) is 0 Å². The highest BCUT2D eigenvalue weighted by Gasteiger charge is 2.25. The van der Waals surface area contributed by atoms with Crippen molar-refractivity contribution in [1.82, 2.24) is 5.32 Å². The molecule has 0 aromatic heterocycles. The van der Waals surface area contributed by atoms with E-state index in [9.17, 15) is 4.79 Å². The van der Waals surface area contributed by atoms with Crippen LogP contribution in [-0.4, -0.2) is 18.5 Å². The van der Waals surface area contributed by atoms with Gasteiger partial charge in [-0.25, -0.2) is 0 Å². The molecule has 1 amide bonds. The van der Waals surface area contributed by atoms with Gasteiger partial charge in [0, 0.05) is 23.8 Å². The minimum absolute atomic E-state index is 0.0545. The molecule has 1 fully saturated rings. The van der Waals surface area contributed by atoms with Crippen LogP contribution in [0.25, 0.3) is 0 Å². The van der Waals surface area contributed by atoms with Crippen molar-refractivity contribution < 1.29 is 4.79 Å². The van der Waals surface area contributed by atoms with E-state index in [-0.39, 0.29) is 5.91 Å². The zero-order chi connectivity index (χ0) is 15.2. The molecule has 2 N–H and O–H groups in total. The zero-order valence-corrected chi connectivity index (χ0v) is 13.1. The summed E-state index contributed by atoms with van der Waals surface area (Å²) in [5.41, 5.74) is 1.79. The monoisotopic (exact) mass is 286 g/mol. The van der Waals surface area contributed by atoms with Gasteiger partial charge in [-0.1, -0.05) is 26.3 Å². The molecule has 3 unspecified atom stereocenters. The minimum Gasteiger partial charge on any atom is -0.382 e. The van der Waals surface area contributed by atoms with E-state index in [1.54, 1.807) is 6.08 Å². The number of nitrogens with one attached hydrogen (secondary N) is 2. The van der Waals surface area contributed by atoms with Crippen molar-refractivity contribution in [2.45, 2.75) is 39.2 Å². The lowest BCUT2D eigenvalue weighted by molar-refractivity contribution is 0.0958. The summed E-state index contributed by atoms with van der Waals surface area (Å²) in [4.78, 5) is 11.8. The maximum Gasteiger partial charge on any atom is 0.251 e. The Morgan fingerprint density at radius 1 is 1.29 bits per heavy atom. The zero-order valence-electron chi connectivity index (χ0n) is 13.1. The van der Waals surface area contributed by atoms with Crippen LogP contribution in [0.2, 0.25) is 0 Å².